The number of aryl methyl sites for hydroxylation is 2. The van der Waals surface area contributed by atoms with Crippen molar-refractivity contribution in [2.24, 2.45) is 0 Å². The smallest absolute Gasteiger partial charge is 0.303 e. The highest BCUT2D eigenvalue weighted by Crippen LogP contribution is 2.08. The standard InChI is InChI=1S/C10H11O2/c1-8-4-2-3-5-9(8)6-7-10(11)12/h3-5H,6-7H2,1H3,(H,11,12). The molecule has 1 aromatic rings. The molecule has 0 bridgehead atoms. The van der Waals surface area contributed by atoms with Crippen molar-refractivity contribution in [1.29, 1.82) is 0 Å². The summed E-state index contributed by atoms with van der Waals surface area (Å²) in [7, 11) is 0. The molecule has 2 heteroatoms. The van der Waals surface area contributed by atoms with Crippen LogP contribution in [0.1, 0.15) is 17.5 Å². The van der Waals surface area contributed by atoms with Gasteiger partial charge in [0, 0.05) is 6.42 Å². The van der Waals surface area contributed by atoms with Crippen molar-refractivity contribution in [3.63, 3.8) is 0 Å². The summed E-state index contributed by atoms with van der Waals surface area (Å²) >= 11 is 0. The molecule has 1 N–H and O–H groups in total. The van der Waals surface area contributed by atoms with Crippen molar-refractivity contribution in [2.45, 2.75) is 19.8 Å². The summed E-state index contributed by atoms with van der Waals surface area (Å²) in [6, 6.07) is 8.54. The second-order valence-electron chi connectivity index (χ2n) is 2.75. The van der Waals surface area contributed by atoms with Crippen molar-refractivity contribution < 1.29 is 9.90 Å². The van der Waals surface area contributed by atoms with E-state index < -0.39 is 5.97 Å². The summed E-state index contributed by atoms with van der Waals surface area (Å²) in [6.45, 7) is 1.97. The lowest BCUT2D eigenvalue weighted by molar-refractivity contribution is -0.136. The molecule has 0 aliphatic carbocycles. The molecule has 12 heavy (non-hydrogen) atoms. The van der Waals surface area contributed by atoms with E-state index in [1.165, 1.54) is 0 Å². The highest BCUT2D eigenvalue weighted by Gasteiger charge is 2.00. The number of rotatable bonds is 3. The Labute approximate surface area is 71.8 Å². The Kier molecular flexibility index (Phi) is 2.86. The van der Waals surface area contributed by atoms with Gasteiger partial charge in [-0.3, -0.25) is 4.79 Å². The third kappa shape index (κ3) is 2.38. The van der Waals surface area contributed by atoms with Crippen molar-refractivity contribution in [1.82, 2.24) is 0 Å². The first kappa shape index (κ1) is 8.78. The van der Waals surface area contributed by atoms with Gasteiger partial charge in [-0.25, -0.2) is 0 Å². The zero-order valence-electron chi connectivity index (χ0n) is 7.00. The maximum Gasteiger partial charge on any atom is 0.303 e. The number of benzene rings is 1. The van der Waals surface area contributed by atoms with E-state index in [1.807, 2.05) is 25.1 Å². The number of carboxylic acid groups (broad SMARTS) is 1. The molecule has 0 heterocycles. The van der Waals surface area contributed by atoms with Gasteiger partial charge in [0.1, 0.15) is 0 Å². The minimum atomic E-state index is -0.748. The van der Waals surface area contributed by atoms with E-state index in [9.17, 15) is 4.79 Å². The molecular formula is C10H11O2. The van der Waals surface area contributed by atoms with Crippen molar-refractivity contribution in [2.75, 3.05) is 0 Å². The van der Waals surface area contributed by atoms with Crippen molar-refractivity contribution >= 4 is 5.97 Å². The topological polar surface area (TPSA) is 37.3 Å². The van der Waals surface area contributed by atoms with Gasteiger partial charge in [-0.2, -0.15) is 0 Å². The van der Waals surface area contributed by atoms with Gasteiger partial charge < -0.3 is 5.11 Å². The third-order valence-electron chi connectivity index (χ3n) is 1.80. The first-order chi connectivity index (χ1) is 5.70. The van der Waals surface area contributed by atoms with Gasteiger partial charge in [0.25, 0.3) is 0 Å². The molecule has 63 valence electrons. The predicted molar refractivity (Wildman–Crippen MR) is 46.0 cm³/mol. The number of carboxylic acids is 1. The lowest BCUT2D eigenvalue weighted by Gasteiger charge is -2.01. The van der Waals surface area contributed by atoms with Gasteiger partial charge in [0.2, 0.25) is 0 Å². The maximum atomic E-state index is 10.3. The van der Waals surface area contributed by atoms with Gasteiger partial charge in [-0.15, -0.1) is 0 Å². The highest BCUT2D eigenvalue weighted by atomic mass is 16.4. The average Bonchev–Trinajstić information content (AvgIpc) is 2.03. The van der Waals surface area contributed by atoms with Crippen LogP contribution in [0.4, 0.5) is 0 Å². The van der Waals surface area contributed by atoms with Gasteiger partial charge in [-0.05, 0) is 30.5 Å². The molecule has 0 aromatic heterocycles. The van der Waals surface area contributed by atoms with Crippen LogP contribution in [0.3, 0.4) is 0 Å². The van der Waals surface area contributed by atoms with Gasteiger partial charge >= 0.3 is 5.97 Å². The zero-order chi connectivity index (χ0) is 8.97. The fourth-order valence-corrected chi connectivity index (χ4v) is 1.07. The number of carbonyl (C=O) groups is 1. The van der Waals surface area contributed by atoms with E-state index in [0.29, 0.717) is 6.42 Å². The van der Waals surface area contributed by atoms with Crippen LogP contribution < -0.4 is 0 Å². The van der Waals surface area contributed by atoms with E-state index in [-0.39, 0.29) is 6.42 Å². The third-order valence-corrected chi connectivity index (χ3v) is 1.80. The second kappa shape index (κ2) is 3.90. The SMILES string of the molecule is Cc1c[c]ccc1CCC(=O)O. The molecule has 0 fully saturated rings. The molecule has 1 radical (unpaired) electrons. The average molecular weight is 163 g/mol. The van der Waals surface area contributed by atoms with Gasteiger partial charge in [0.15, 0.2) is 0 Å². The van der Waals surface area contributed by atoms with Crippen LogP contribution in [0.25, 0.3) is 0 Å². The molecule has 2 nitrogen and oxygen atoms in total. The summed E-state index contributed by atoms with van der Waals surface area (Å²) in [4.78, 5) is 10.3. The molecule has 0 saturated carbocycles. The normalized spacial score (nSPS) is 9.75. The van der Waals surface area contributed by atoms with Crippen LogP contribution >= 0.6 is 0 Å². The summed E-state index contributed by atoms with van der Waals surface area (Å²) in [5, 5.41) is 8.46. The predicted octanol–water partition coefficient (Wildman–Crippen LogP) is 1.81. The van der Waals surface area contributed by atoms with Crippen LogP contribution in [0.5, 0.6) is 0 Å². The summed E-state index contributed by atoms with van der Waals surface area (Å²) in [5.74, 6) is -0.748. The molecule has 0 amide bonds. The molecule has 1 aromatic carbocycles. The van der Waals surface area contributed by atoms with Gasteiger partial charge in [0.05, 0.1) is 0 Å². The Balaban J connectivity index is 2.63. The molecule has 0 atom stereocenters. The maximum absolute atomic E-state index is 10.3. The van der Waals surface area contributed by atoms with E-state index in [1.54, 1.807) is 0 Å². The molecule has 0 spiro atoms. The quantitative estimate of drug-likeness (QED) is 0.737. The second-order valence-corrected chi connectivity index (χ2v) is 2.75. The molecule has 0 saturated heterocycles. The van der Waals surface area contributed by atoms with Crippen molar-refractivity contribution in [3.05, 3.63) is 35.4 Å². The van der Waals surface area contributed by atoms with Crippen molar-refractivity contribution in [3.8, 4) is 0 Å². The van der Waals surface area contributed by atoms with E-state index in [2.05, 4.69) is 6.07 Å². The summed E-state index contributed by atoms with van der Waals surface area (Å²) in [5.41, 5.74) is 2.20. The zero-order valence-corrected chi connectivity index (χ0v) is 7.00. The fourth-order valence-electron chi connectivity index (χ4n) is 1.07. The minimum absolute atomic E-state index is 0.199. The Hall–Kier alpha value is -1.31. The molecular weight excluding hydrogens is 152 g/mol. The van der Waals surface area contributed by atoms with Crippen LogP contribution in [0.2, 0.25) is 0 Å². The van der Waals surface area contributed by atoms with Gasteiger partial charge in [-0.1, -0.05) is 18.2 Å². The number of aliphatic carboxylic acids is 1. The Bertz CT molecular complexity index is 279. The van der Waals surface area contributed by atoms with Crippen LogP contribution in [-0.2, 0) is 11.2 Å². The van der Waals surface area contributed by atoms with E-state index >= 15 is 0 Å². The lowest BCUT2D eigenvalue weighted by Crippen LogP contribution is -1.98. The van der Waals surface area contributed by atoms with Crippen LogP contribution in [0.15, 0.2) is 18.2 Å². The first-order valence-electron chi connectivity index (χ1n) is 3.87. The monoisotopic (exact) mass is 163 g/mol. The molecule has 0 aliphatic rings. The van der Waals surface area contributed by atoms with E-state index in [4.69, 9.17) is 5.11 Å². The summed E-state index contributed by atoms with van der Waals surface area (Å²) in [6.07, 6.45) is 0.806. The highest BCUT2D eigenvalue weighted by molar-refractivity contribution is 5.67. The minimum Gasteiger partial charge on any atom is -0.481 e. The summed E-state index contributed by atoms with van der Waals surface area (Å²) < 4.78 is 0. The van der Waals surface area contributed by atoms with Crippen LogP contribution in [-0.4, -0.2) is 11.1 Å². The first-order valence-corrected chi connectivity index (χ1v) is 3.87. The molecule has 0 aliphatic heterocycles. The number of hydrogen-bond donors (Lipinski definition) is 1. The number of hydrogen-bond acceptors (Lipinski definition) is 1. The Morgan fingerprint density at radius 2 is 2.42 bits per heavy atom. The molecule has 0 unspecified atom stereocenters. The van der Waals surface area contributed by atoms with Crippen LogP contribution in [0, 0.1) is 13.0 Å². The Morgan fingerprint density at radius 1 is 1.67 bits per heavy atom. The largest absolute Gasteiger partial charge is 0.481 e. The van der Waals surface area contributed by atoms with E-state index in [0.717, 1.165) is 11.1 Å². The lowest BCUT2D eigenvalue weighted by atomic mass is 10.0. The fraction of sp³-hybridized carbons (Fsp3) is 0.300. The molecule has 1 rings (SSSR count). The Morgan fingerprint density at radius 3 is 3.00 bits per heavy atom.